The number of hydrogen-bond donors (Lipinski definition) is 0. The van der Waals surface area contributed by atoms with E-state index in [9.17, 15) is 0 Å². The first-order chi connectivity index (χ1) is 8.93. The lowest BCUT2D eigenvalue weighted by Crippen LogP contribution is -2.17. The molecule has 1 aromatic carbocycles. The second kappa shape index (κ2) is 3.98. The maximum Gasteiger partial charge on any atom is 0.00550 e. The minimum atomic E-state index is 0.672. The molecular weight excluding hydrogens is 216 g/mol. The molecule has 0 heterocycles. The van der Waals surface area contributed by atoms with Gasteiger partial charge in [0.15, 0.2) is 0 Å². The summed E-state index contributed by atoms with van der Waals surface area (Å²) < 4.78 is 0. The Morgan fingerprint density at radius 1 is 1.06 bits per heavy atom. The maximum atomic E-state index is 2.45. The van der Waals surface area contributed by atoms with Gasteiger partial charge < -0.3 is 0 Å². The Balaban J connectivity index is 1.67. The second-order valence-electron chi connectivity index (χ2n) is 5.72. The Labute approximate surface area is 109 Å². The summed E-state index contributed by atoms with van der Waals surface area (Å²) in [5, 5.41) is 0. The highest BCUT2D eigenvalue weighted by Crippen LogP contribution is 2.48. The number of fused-ring (bicyclic) bond motifs is 2. The third-order valence-electron chi connectivity index (χ3n) is 4.89. The van der Waals surface area contributed by atoms with Gasteiger partial charge in [0.1, 0.15) is 0 Å². The van der Waals surface area contributed by atoms with Crippen LogP contribution in [0, 0.1) is 11.8 Å². The zero-order valence-corrected chi connectivity index (χ0v) is 10.5. The number of rotatable bonds is 1. The summed E-state index contributed by atoms with van der Waals surface area (Å²) in [7, 11) is 0. The van der Waals surface area contributed by atoms with Crippen LogP contribution >= 0.6 is 0 Å². The van der Waals surface area contributed by atoms with Crippen molar-refractivity contribution in [3.05, 3.63) is 71.3 Å². The Morgan fingerprint density at radius 3 is 3.00 bits per heavy atom. The van der Waals surface area contributed by atoms with Crippen LogP contribution in [0.5, 0.6) is 0 Å². The third kappa shape index (κ3) is 1.45. The zero-order valence-electron chi connectivity index (χ0n) is 10.5. The summed E-state index contributed by atoms with van der Waals surface area (Å²) in [4.78, 5) is 0. The fraction of sp³-hybridized carbons (Fsp3) is 0.333. The van der Waals surface area contributed by atoms with Crippen LogP contribution < -0.4 is 0 Å². The van der Waals surface area contributed by atoms with E-state index in [1.165, 1.54) is 19.3 Å². The predicted octanol–water partition coefficient (Wildman–Crippen LogP) is 4.40. The van der Waals surface area contributed by atoms with Gasteiger partial charge in [-0.15, -0.1) is 0 Å². The van der Waals surface area contributed by atoms with Crippen molar-refractivity contribution in [1.82, 2.24) is 0 Å². The Hall–Kier alpha value is -1.56. The number of aryl methyl sites for hydroxylation is 1. The van der Waals surface area contributed by atoms with Gasteiger partial charge in [0.05, 0.1) is 0 Å². The van der Waals surface area contributed by atoms with Gasteiger partial charge in [-0.25, -0.2) is 0 Å². The highest BCUT2D eigenvalue weighted by molar-refractivity contribution is 5.41. The first-order valence-corrected chi connectivity index (χ1v) is 7.06. The van der Waals surface area contributed by atoms with Gasteiger partial charge in [-0.3, -0.25) is 0 Å². The highest BCUT2D eigenvalue weighted by atomic mass is 14.4. The molecule has 18 heavy (non-hydrogen) atoms. The molecule has 0 amide bonds. The van der Waals surface area contributed by atoms with E-state index in [-0.39, 0.29) is 0 Å². The third-order valence-corrected chi connectivity index (χ3v) is 4.89. The van der Waals surface area contributed by atoms with Crippen molar-refractivity contribution in [2.24, 2.45) is 11.8 Å². The van der Waals surface area contributed by atoms with E-state index in [1.54, 1.807) is 16.7 Å². The van der Waals surface area contributed by atoms with Crippen LogP contribution in [-0.2, 0) is 6.42 Å². The largest absolute Gasteiger partial charge is 0.0804 e. The molecule has 3 atom stereocenters. The molecule has 0 aliphatic heterocycles. The van der Waals surface area contributed by atoms with Gasteiger partial charge in [0, 0.05) is 5.92 Å². The molecule has 0 heteroatoms. The smallest absolute Gasteiger partial charge is 0.00550 e. The second-order valence-corrected chi connectivity index (χ2v) is 5.72. The molecule has 90 valence electrons. The van der Waals surface area contributed by atoms with Crippen LogP contribution in [0.1, 0.15) is 29.9 Å². The fourth-order valence-corrected chi connectivity index (χ4v) is 4.03. The Morgan fingerprint density at radius 2 is 2.00 bits per heavy atom. The standard InChI is InChI=1S/C18H18/c1-3-7-15-13(5-1)9-11-17(15)18-12-10-14-6-2-4-8-16(14)18/h1-9,15,17-18H,10-12H2. The maximum absolute atomic E-state index is 2.45. The van der Waals surface area contributed by atoms with Gasteiger partial charge in [0.2, 0.25) is 0 Å². The van der Waals surface area contributed by atoms with Crippen molar-refractivity contribution >= 4 is 0 Å². The van der Waals surface area contributed by atoms with E-state index in [4.69, 9.17) is 0 Å². The summed E-state index contributed by atoms with van der Waals surface area (Å²) in [6, 6.07) is 9.06. The molecule has 0 N–H and O–H groups in total. The lowest BCUT2D eigenvalue weighted by atomic mass is 9.77. The van der Waals surface area contributed by atoms with Gasteiger partial charge in [-0.1, -0.05) is 54.6 Å². The molecule has 1 aromatic rings. The molecule has 0 nitrogen and oxygen atoms in total. The molecule has 0 bridgehead atoms. The van der Waals surface area contributed by atoms with Crippen molar-refractivity contribution in [3.8, 4) is 0 Å². The molecule has 0 aromatic heterocycles. The molecule has 3 aliphatic carbocycles. The summed E-state index contributed by atoms with van der Waals surface area (Å²) in [6.45, 7) is 0. The summed E-state index contributed by atoms with van der Waals surface area (Å²) in [6.07, 6.45) is 15.4. The topological polar surface area (TPSA) is 0 Å². The normalized spacial score (nSPS) is 32.2. The molecule has 0 saturated carbocycles. The van der Waals surface area contributed by atoms with Crippen molar-refractivity contribution in [3.63, 3.8) is 0 Å². The highest BCUT2D eigenvalue weighted by Gasteiger charge is 2.37. The molecule has 4 rings (SSSR count). The lowest BCUT2D eigenvalue weighted by molar-refractivity contribution is 0.384. The summed E-state index contributed by atoms with van der Waals surface area (Å²) in [5.74, 6) is 2.24. The number of benzene rings is 1. The van der Waals surface area contributed by atoms with E-state index in [2.05, 4.69) is 54.6 Å². The molecule has 0 radical (unpaired) electrons. The van der Waals surface area contributed by atoms with E-state index >= 15 is 0 Å². The van der Waals surface area contributed by atoms with Gasteiger partial charge in [0.25, 0.3) is 0 Å². The number of allylic oxidation sites excluding steroid dienone is 6. The zero-order chi connectivity index (χ0) is 11.9. The van der Waals surface area contributed by atoms with E-state index in [0.29, 0.717) is 5.92 Å². The molecule has 0 saturated heterocycles. The minimum absolute atomic E-state index is 0.672. The van der Waals surface area contributed by atoms with Crippen molar-refractivity contribution in [1.29, 1.82) is 0 Å². The minimum Gasteiger partial charge on any atom is -0.0804 e. The van der Waals surface area contributed by atoms with Crippen LogP contribution in [-0.4, -0.2) is 0 Å². The molecular formula is C18H18. The van der Waals surface area contributed by atoms with Gasteiger partial charge >= 0.3 is 0 Å². The molecule has 3 unspecified atom stereocenters. The van der Waals surface area contributed by atoms with Gasteiger partial charge in [-0.05, 0) is 47.8 Å². The van der Waals surface area contributed by atoms with Crippen LogP contribution in [0.25, 0.3) is 0 Å². The molecule has 0 spiro atoms. The number of hydrogen-bond acceptors (Lipinski definition) is 0. The SMILES string of the molecule is C1=CC2=CCC(C3CCc4ccccc43)C2C=C1. The Bertz CT molecular complexity index is 559. The van der Waals surface area contributed by atoms with Gasteiger partial charge in [-0.2, -0.15) is 0 Å². The van der Waals surface area contributed by atoms with Crippen LogP contribution in [0.4, 0.5) is 0 Å². The summed E-state index contributed by atoms with van der Waals surface area (Å²) in [5.41, 5.74) is 4.76. The average molecular weight is 234 g/mol. The van der Waals surface area contributed by atoms with E-state index < -0.39 is 0 Å². The van der Waals surface area contributed by atoms with Crippen molar-refractivity contribution in [2.45, 2.75) is 25.2 Å². The van der Waals surface area contributed by atoms with E-state index in [0.717, 1.165) is 11.8 Å². The molecule has 3 aliphatic rings. The molecule has 0 fully saturated rings. The lowest BCUT2D eigenvalue weighted by Gasteiger charge is -2.27. The first-order valence-electron chi connectivity index (χ1n) is 7.06. The van der Waals surface area contributed by atoms with Crippen molar-refractivity contribution in [2.75, 3.05) is 0 Å². The summed E-state index contributed by atoms with van der Waals surface area (Å²) >= 11 is 0. The van der Waals surface area contributed by atoms with Crippen LogP contribution in [0.3, 0.4) is 0 Å². The monoisotopic (exact) mass is 234 g/mol. The van der Waals surface area contributed by atoms with Crippen LogP contribution in [0.15, 0.2) is 60.2 Å². The fourth-order valence-electron chi connectivity index (χ4n) is 4.03. The van der Waals surface area contributed by atoms with Crippen molar-refractivity contribution < 1.29 is 0 Å². The van der Waals surface area contributed by atoms with Crippen LogP contribution in [0.2, 0.25) is 0 Å². The predicted molar refractivity (Wildman–Crippen MR) is 75.5 cm³/mol. The van der Waals surface area contributed by atoms with E-state index in [1.807, 2.05) is 0 Å². The quantitative estimate of drug-likeness (QED) is 0.675. The average Bonchev–Trinajstić information content (AvgIpc) is 3.01. The Kier molecular flexibility index (Phi) is 2.29. The first kappa shape index (κ1) is 10.4.